The van der Waals surface area contributed by atoms with Gasteiger partial charge in [-0.05, 0) is 72.6 Å². The molecule has 5 nitrogen and oxygen atoms in total. The molecule has 6 heteroatoms. The zero-order chi connectivity index (χ0) is 38.8. The normalized spacial score (nSPS) is 12.2. The fourth-order valence-corrected chi connectivity index (χ4v) is 10.5. The minimum absolute atomic E-state index is 0.623. The fraction of sp³-hybridized carbons (Fsp3) is 0.0189. The SMILES string of the molecule is Cc1c(-c2ccc3c(c2)sc2ccccc23)nc(-c2ccc3c(c2)oc2cccc(-c4ccccc4)c23)nc1-n1c2ccccc2c2ccc3oc4ccccc4c3c21. The van der Waals surface area contributed by atoms with Crippen molar-refractivity contribution in [2.24, 2.45) is 0 Å². The van der Waals surface area contributed by atoms with Crippen LogP contribution in [0.15, 0.2) is 179 Å². The minimum Gasteiger partial charge on any atom is -0.456 e. The number of hydrogen-bond acceptors (Lipinski definition) is 5. The summed E-state index contributed by atoms with van der Waals surface area (Å²) in [5.74, 6) is 1.44. The Kier molecular flexibility index (Phi) is 6.74. The molecule has 0 fully saturated rings. The van der Waals surface area contributed by atoms with E-state index in [1.807, 2.05) is 35.6 Å². The van der Waals surface area contributed by atoms with Crippen LogP contribution >= 0.6 is 11.3 Å². The Labute approximate surface area is 341 Å². The van der Waals surface area contributed by atoms with Gasteiger partial charge in [-0.3, -0.25) is 4.57 Å². The highest BCUT2D eigenvalue weighted by Crippen LogP contribution is 2.44. The van der Waals surface area contributed by atoms with Gasteiger partial charge in [-0.15, -0.1) is 11.3 Å². The third kappa shape index (κ3) is 4.72. The van der Waals surface area contributed by atoms with Gasteiger partial charge in [0.25, 0.3) is 0 Å². The summed E-state index contributed by atoms with van der Waals surface area (Å²) < 4.78 is 17.9. The molecule has 0 N–H and O–H groups in total. The first-order chi connectivity index (χ1) is 29.2. The van der Waals surface area contributed by atoms with Crippen LogP contribution in [0.4, 0.5) is 0 Å². The maximum Gasteiger partial charge on any atom is 0.162 e. The average Bonchev–Trinajstić information content (AvgIpc) is 4.05. The Bertz CT molecular complexity index is 3870. The monoisotopic (exact) mass is 773 g/mol. The third-order valence-corrected chi connectivity index (χ3v) is 13.1. The van der Waals surface area contributed by atoms with Gasteiger partial charge in [0.2, 0.25) is 0 Å². The molecule has 59 heavy (non-hydrogen) atoms. The number of nitrogens with zero attached hydrogens (tertiary/aromatic N) is 3. The molecule has 5 heterocycles. The summed E-state index contributed by atoms with van der Waals surface area (Å²) >= 11 is 1.82. The number of fused-ring (bicyclic) bond motifs is 13. The number of thiophene rings is 1. The van der Waals surface area contributed by atoms with Crippen LogP contribution in [-0.4, -0.2) is 14.5 Å². The highest BCUT2D eigenvalue weighted by Gasteiger charge is 2.24. The minimum atomic E-state index is 0.623. The number of aromatic nitrogens is 3. The van der Waals surface area contributed by atoms with Gasteiger partial charge < -0.3 is 8.83 Å². The Morgan fingerprint density at radius 3 is 2.05 bits per heavy atom. The summed E-state index contributed by atoms with van der Waals surface area (Å²) in [5, 5.41) is 9.13. The lowest BCUT2D eigenvalue weighted by Gasteiger charge is -2.16. The molecule has 8 aromatic carbocycles. The second kappa shape index (κ2) is 12.2. The van der Waals surface area contributed by atoms with Crippen LogP contribution < -0.4 is 0 Å². The van der Waals surface area contributed by atoms with E-state index in [9.17, 15) is 0 Å². The molecule has 5 aromatic heterocycles. The molecule has 13 aromatic rings. The molecule has 0 spiro atoms. The van der Waals surface area contributed by atoms with Crippen molar-refractivity contribution in [3.8, 4) is 39.6 Å². The smallest absolute Gasteiger partial charge is 0.162 e. The number of benzene rings is 8. The van der Waals surface area contributed by atoms with Crippen molar-refractivity contribution in [2.75, 3.05) is 0 Å². The van der Waals surface area contributed by atoms with E-state index >= 15 is 0 Å². The standard InChI is InChI=1S/C53H31N3O2S/c1-30-50(32-22-24-37-36-15-7-10-21-46(36)59-47(37)29-32)54-52(33-23-25-40-45(28-33)58-43-20-11-17-34(48(40)43)31-12-3-2-4-13-31)55-53(30)56-41-18-8-5-14-35(41)38-26-27-44-49(51(38)56)39-16-6-9-19-42(39)57-44/h2-29H,1H3. The predicted octanol–water partition coefficient (Wildman–Crippen LogP) is 15.0. The molecule has 0 aliphatic carbocycles. The lowest BCUT2D eigenvalue weighted by Crippen LogP contribution is -2.06. The first-order valence-corrected chi connectivity index (χ1v) is 20.6. The summed E-state index contributed by atoms with van der Waals surface area (Å²) in [4.78, 5) is 11.0. The summed E-state index contributed by atoms with van der Waals surface area (Å²) in [7, 11) is 0. The first kappa shape index (κ1) is 32.5. The molecule has 0 aliphatic heterocycles. The number of rotatable bonds is 4. The Morgan fingerprint density at radius 1 is 0.458 bits per heavy atom. The molecule has 0 saturated carbocycles. The van der Waals surface area contributed by atoms with Gasteiger partial charge in [-0.25, -0.2) is 9.97 Å². The maximum absolute atomic E-state index is 6.62. The average molecular weight is 774 g/mol. The van der Waals surface area contributed by atoms with Crippen LogP contribution in [0, 0.1) is 6.92 Å². The molecule has 0 unspecified atom stereocenters. The Balaban J connectivity index is 1.11. The van der Waals surface area contributed by atoms with Crippen LogP contribution in [0.2, 0.25) is 0 Å². The van der Waals surface area contributed by atoms with Crippen LogP contribution in [0.5, 0.6) is 0 Å². The molecule has 0 bridgehead atoms. The maximum atomic E-state index is 6.62. The number of furan rings is 2. The third-order valence-electron chi connectivity index (χ3n) is 12.0. The van der Waals surface area contributed by atoms with E-state index in [1.54, 1.807) is 0 Å². The molecular formula is C53H31N3O2S. The van der Waals surface area contributed by atoms with Gasteiger partial charge in [0.15, 0.2) is 5.82 Å². The molecule has 0 atom stereocenters. The van der Waals surface area contributed by atoms with E-state index in [0.717, 1.165) is 105 Å². The van der Waals surface area contributed by atoms with Gasteiger partial charge in [0.05, 0.1) is 22.1 Å². The molecule has 13 rings (SSSR count). The van der Waals surface area contributed by atoms with Crippen LogP contribution in [-0.2, 0) is 0 Å². The second-order valence-electron chi connectivity index (χ2n) is 15.3. The summed E-state index contributed by atoms with van der Waals surface area (Å²) in [6.45, 7) is 2.16. The highest BCUT2D eigenvalue weighted by atomic mass is 32.1. The second-order valence-corrected chi connectivity index (χ2v) is 16.4. The van der Waals surface area contributed by atoms with Gasteiger partial charge in [0, 0.05) is 63.8 Å². The van der Waals surface area contributed by atoms with Crippen molar-refractivity contribution in [3.63, 3.8) is 0 Å². The topological polar surface area (TPSA) is 57.0 Å². The van der Waals surface area contributed by atoms with Gasteiger partial charge in [-0.2, -0.15) is 0 Å². The van der Waals surface area contributed by atoms with E-state index in [-0.39, 0.29) is 0 Å². The van der Waals surface area contributed by atoms with E-state index in [4.69, 9.17) is 18.8 Å². The molecule has 0 radical (unpaired) electrons. The Morgan fingerprint density at radius 2 is 1.14 bits per heavy atom. The largest absolute Gasteiger partial charge is 0.456 e. The zero-order valence-corrected chi connectivity index (χ0v) is 32.5. The predicted molar refractivity (Wildman–Crippen MR) is 245 cm³/mol. The molecular weight excluding hydrogens is 743 g/mol. The Hall–Kier alpha value is -7.54. The molecule has 276 valence electrons. The number of hydrogen-bond donors (Lipinski definition) is 0. The van der Waals surface area contributed by atoms with Crippen molar-refractivity contribution in [1.82, 2.24) is 14.5 Å². The van der Waals surface area contributed by atoms with Crippen LogP contribution in [0.1, 0.15) is 5.56 Å². The van der Waals surface area contributed by atoms with Crippen molar-refractivity contribution >= 4 is 97.2 Å². The van der Waals surface area contributed by atoms with Crippen molar-refractivity contribution in [1.29, 1.82) is 0 Å². The molecule has 0 aliphatic rings. The molecule has 0 amide bonds. The van der Waals surface area contributed by atoms with Gasteiger partial charge in [0.1, 0.15) is 28.1 Å². The summed E-state index contributed by atoms with van der Waals surface area (Å²) in [6.07, 6.45) is 0. The van der Waals surface area contributed by atoms with E-state index in [1.165, 1.54) is 20.2 Å². The van der Waals surface area contributed by atoms with Gasteiger partial charge >= 0.3 is 0 Å². The first-order valence-electron chi connectivity index (χ1n) is 19.8. The van der Waals surface area contributed by atoms with Crippen LogP contribution in [0.3, 0.4) is 0 Å². The van der Waals surface area contributed by atoms with Crippen molar-refractivity contribution in [3.05, 3.63) is 175 Å². The van der Waals surface area contributed by atoms with E-state index in [0.29, 0.717) is 5.82 Å². The molecule has 0 saturated heterocycles. The lowest BCUT2D eigenvalue weighted by atomic mass is 9.99. The fourth-order valence-electron chi connectivity index (χ4n) is 9.31. The number of para-hydroxylation sites is 2. The highest BCUT2D eigenvalue weighted by molar-refractivity contribution is 7.25. The summed E-state index contributed by atoms with van der Waals surface area (Å²) in [5.41, 5.74) is 11.6. The van der Waals surface area contributed by atoms with Crippen molar-refractivity contribution in [2.45, 2.75) is 6.92 Å². The van der Waals surface area contributed by atoms with Crippen molar-refractivity contribution < 1.29 is 8.83 Å². The zero-order valence-electron chi connectivity index (χ0n) is 31.7. The quantitative estimate of drug-likeness (QED) is 0.179. The van der Waals surface area contributed by atoms with Gasteiger partial charge in [-0.1, -0.05) is 115 Å². The van der Waals surface area contributed by atoms with Crippen LogP contribution in [0.25, 0.3) is 125 Å². The van der Waals surface area contributed by atoms with E-state index in [2.05, 4.69) is 157 Å². The lowest BCUT2D eigenvalue weighted by molar-refractivity contribution is 0.668. The summed E-state index contributed by atoms with van der Waals surface area (Å²) in [6, 6.07) is 59.8. The van der Waals surface area contributed by atoms with E-state index < -0.39 is 0 Å².